The summed E-state index contributed by atoms with van der Waals surface area (Å²) in [7, 11) is 0. The second-order valence-corrected chi connectivity index (χ2v) is 0. The Bertz CT molecular complexity index is 8.00. The summed E-state index contributed by atoms with van der Waals surface area (Å²) >= 11 is 0. The van der Waals surface area contributed by atoms with E-state index < -0.39 is 0 Å². The van der Waals surface area contributed by atoms with Gasteiger partial charge in [-0.1, -0.05) is 0 Å². The van der Waals surface area contributed by atoms with Crippen LogP contribution >= 0.6 is 12.4 Å². The van der Waals surface area contributed by atoms with E-state index in [0.29, 0.717) is 0 Å². The van der Waals surface area contributed by atoms with Gasteiger partial charge >= 0.3 is 0 Å². The third kappa shape index (κ3) is 15.3. The molecule has 0 aromatic rings. The topological polar surface area (TPSA) is 44.0 Å². The standard InChI is InChI=1S/ClH.Fe.H2NO/c;;1-2/h1H;;1-2H/q;;-1. The van der Waals surface area contributed by atoms with Crippen LogP contribution in [-0.4, -0.2) is 5.21 Å². The Labute approximate surface area is 41.2 Å². The maximum Gasteiger partial charge on any atom is 0 e. The normalized spacial score (nSPS) is 1.50. The molecule has 0 atom stereocenters. The van der Waals surface area contributed by atoms with E-state index in [-0.39, 0.29) is 29.5 Å². The molecule has 0 aromatic heterocycles. The van der Waals surface area contributed by atoms with Crippen LogP contribution in [0.4, 0.5) is 0 Å². The first kappa shape index (κ1) is 22.0. The van der Waals surface area contributed by atoms with Crippen molar-refractivity contribution in [1.29, 1.82) is 0 Å². The van der Waals surface area contributed by atoms with Crippen LogP contribution in [0.3, 0.4) is 0 Å². The first-order valence-electron chi connectivity index (χ1n) is 0.224. The van der Waals surface area contributed by atoms with Gasteiger partial charge < -0.3 is 11.1 Å². The average molecular weight is 124 g/mol. The first-order valence-corrected chi connectivity index (χ1v) is 0.224. The summed E-state index contributed by atoms with van der Waals surface area (Å²) in [6, 6.07) is 0. The predicted octanol–water partition coefficient (Wildman–Crippen LogP) is 0.847. The Balaban J connectivity index is -0.00000000500. The second-order valence-electron chi connectivity index (χ2n) is 0. The monoisotopic (exact) mass is 124 g/mol. The van der Waals surface area contributed by atoms with Gasteiger partial charge in [0.15, 0.2) is 0 Å². The Kier molecular flexibility index (Phi) is 287. The minimum absolute atomic E-state index is 0. The first-order chi connectivity index (χ1) is 1.00. The zero-order chi connectivity index (χ0) is 2.00. The van der Waals surface area contributed by atoms with Crippen molar-refractivity contribution in [3.05, 3.63) is 5.90 Å². The van der Waals surface area contributed by atoms with E-state index in [1.165, 1.54) is 0 Å². The largest absolute Gasteiger partial charge is 0.553 e. The SMILES string of the molecule is Cl.[Fe].[NH-]O. The second kappa shape index (κ2) is 52.2. The summed E-state index contributed by atoms with van der Waals surface area (Å²) in [6.07, 6.45) is 0. The predicted molar refractivity (Wildman–Crippen MR) is 13.4 cm³/mol. The minimum atomic E-state index is 0. The van der Waals surface area contributed by atoms with Crippen molar-refractivity contribution in [3.8, 4) is 0 Å². The molecule has 0 saturated heterocycles. The fraction of sp³-hybridized carbons (Fsp3) is 0. The van der Waals surface area contributed by atoms with Crippen LogP contribution in [0.25, 0.3) is 5.90 Å². The molecule has 0 aliphatic rings. The van der Waals surface area contributed by atoms with Crippen LogP contribution in [0.2, 0.25) is 0 Å². The average Bonchev–Trinajstić information content (AvgIpc) is 1.00. The quantitative estimate of drug-likeness (QED) is 0.377. The molecule has 0 bridgehead atoms. The van der Waals surface area contributed by atoms with Gasteiger partial charge in [0, 0.05) is 17.1 Å². The zero-order valence-electron chi connectivity index (χ0n) is 1.71. The van der Waals surface area contributed by atoms with E-state index in [9.17, 15) is 0 Å². The van der Waals surface area contributed by atoms with E-state index in [4.69, 9.17) is 11.1 Å². The summed E-state index contributed by atoms with van der Waals surface area (Å²) < 4.78 is 0. The van der Waals surface area contributed by atoms with Crippen LogP contribution in [0.1, 0.15) is 0 Å². The number of rotatable bonds is 0. The van der Waals surface area contributed by atoms with Crippen LogP contribution in [0.15, 0.2) is 0 Å². The summed E-state index contributed by atoms with van der Waals surface area (Å²) in [5, 5.41) is 6.25. The van der Waals surface area contributed by atoms with Gasteiger partial charge in [-0.25, -0.2) is 0 Å². The van der Waals surface area contributed by atoms with Gasteiger partial charge in [0.05, 0.1) is 0 Å². The van der Waals surface area contributed by atoms with Crippen molar-refractivity contribution in [2.24, 2.45) is 0 Å². The third-order valence-corrected chi connectivity index (χ3v) is 0. The van der Waals surface area contributed by atoms with Crippen molar-refractivity contribution in [3.63, 3.8) is 0 Å². The molecule has 4 heavy (non-hydrogen) atoms. The smallest absolute Gasteiger partial charge is 0 e. The minimum Gasteiger partial charge on any atom is -0.553 e. The number of hydrogen-bond donors (Lipinski definition) is 1. The molecule has 0 aromatic carbocycles. The van der Waals surface area contributed by atoms with Crippen molar-refractivity contribution in [2.45, 2.75) is 0 Å². The molecular weight excluding hydrogens is 121 g/mol. The van der Waals surface area contributed by atoms with E-state index in [2.05, 4.69) is 0 Å². The van der Waals surface area contributed by atoms with E-state index in [1.807, 2.05) is 0 Å². The van der Waals surface area contributed by atoms with Crippen LogP contribution in [0.5, 0.6) is 0 Å². The molecule has 4 heteroatoms. The van der Waals surface area contributed by atoms with E-state index in [1.54, 1.807) is 0 Å². The summed E-state index contributed by atoms with van der Waals surface area (Å²) in [5.41, 5.74) is 0. The molecule has 2 N–H and O–H groups in total. The molecule has 0 aliphatic carbocycles. The van der Waals surface area contributed by atoms with Crippen molar-refractivity contribution >= 4 is 12.4 Å². The molecule has 0 spiro atoms. The van der Waals surface area contributed by atoms with Crippen LogP contribution in [0, 0.1) is 0 Å². The Hall–Kier alpha value is 0.729. The Morgan fingerprint density at radius 2 is 1.25 bits per heavy atom. The van der Waals surface area contributed by atoms with Gasteiger partial charge in [-0.15, -0.1) is 12.4 Å². The van der Waals surface area contributed by atoms with Gasteiger partial charge in [-0.05, 0) is 0 Å². The third-order valence-electron chi connectivity index (χ3n) is 0. The molecule has 0 unspecified atom stereocenters. The molecule has 0 saturated carbocycles. The molecule has 30 valence electrons. The fourth-order valence-corrected chi connectivity index (χ4v) is 0. The Morgan fingerprint density at radius 3 is 1.25 bits per heavy atom. The molecule has 0 radical (unpaired) electrons. The van der Waals surface area contributed by atoms with Crippen molar-refractivity contribution < 1.29 is 22.3 Å². The molecule has 0 fully saturated rings. The van der Waals surface area contributed by atoms with Gasteiger partial charge in [0.2, 0.25) is 0 Å². The molecule has 0 heterocycles. The van der Waals surface area contributed by atoms with E-state index >= 15 is 0 Å². The maximum atomic E-state index is 6.25. The molecule has 0 aliphatic heterocycles. The molecule has 0 rings (SSSR count). The van der Waals surface area contributed by atoms with E-state index in [0.717, 1.165) is 0 Å². The van der Waals surface area contributed by atoms with Gasteiger partial charge in [-0.2, -0.15) is 0 Å². The van der Waals surface area contributed by atoms with Crippen LogP contribution < -0.4 is 0 Å². The molecule has 2 nitrogen and oxygen atoms in total. The maximum absolute atomic E-state index is 6.25. The number of halogens is 1. The molecular formula is H3ClFeNO-. The van der Waals surface area contributed by atoms with Crippen molar-refractivity contribution in [1.82, 2.24) is 0 Å². The number of hydrogen-bond acceptors (Lipinski definition) is 1. The number of nitrogens with one attached hydrogen (secondary N) is 1. The zero-order valence-corrected chi connectivity index (χ0v) is 3.63. The summed E-state index contributed by atoms with van der Waals surface area (Å²) in [6.45, 7) is 0. The summed E-state index contributed by atoms with van der Waals surface area (Å²) in [4.78, 5) is 0. The van der Waals surface area contributed by atoms with Crippen LogP contribution in [-0.2, 0) is 17.1 Å². The van der Waals surface area contributed by atoms with Crippen molar-refractivity contribution in [2.75, 3.05) is 0 Å². The Morgan fingerprint density at radius 1 is 1.25 bits per heavy atom. The molecule has 0 amide bonds. The summed E-state index contributed by atoms with van der Waals surface area (Å²) in [5.74, 6) is 4.75. The fourth-order valence-electron chi connectivity index (χ4n) is 0. The van der Waals surface area contributed by atoms with Gasteiger partial charge in [0.25, 0.3) is 0 Å². The van der Waals surface area contributed by atoms with Gasteiger partial charge in [0.1, 0.15) is 0 Å². The van der Waals surface area contributed by atoms with Gasteiger partial charge in [-0.3, -0.25) is 0 Å².